The zero-order valence-corrected chi connectivity index (χ0v) is 17.7. The lowest BCUT2D eigenvalue weighted by atomic mass is 9.97. The Kier molecular flexibility index (Phi) is 6.79. The molecule has 0 radical (unpaired) electrons. The van der Waals surface area contributed by atoms with Crippen molar-refractivity contribution in [3.8, 4) is 22.9 Å². The summed E-state index contributed by atoms with van der Waals surface area (Å²) in [6.07, 6.45) is 0. The molecule has 1 aromatic heterocycles. The maximum absolute atomic E-state index is 12.0. The number of aromatic nitrogens is 4. The van der Waals surface area contributed by atoms with Gasteiger partial charge in [-0.15, -0.1) is 10.2 Å². The first-order chi connectivity index (χ1) is 14.3. The molecule has 8 nitrogen and oxygen atoms in total. The summed E-state index contributed by atoms with van der Waals surface area (Å²) in [6.45, 7) is 6.89. The number of esters is 1. The molecule has 0 saturated carbocycles. The molecule has 3 aromatic rings. The van der Waals surface area contributed by atoms with Gasteiger partial charge in [0.15, 0.2) is 0 Å². The van der Waals surface area contributed by atoms with Gasteiger partial charge in [0.25, 0.3) is 0 Å². The van der Waals surface area contributed by atoms with Crippen molar-refractivity contribution in [1.29, 1.82) is 0 Å². The molecule has 0 aliphatic heterocycles. The Morgan fingerprint density at radius 1 is 1.00 bits per heavy atom. The van der Waals surface area contributed by atoms with E-state index in [1.165, 1.54) is 4.80 Å². The predicted octanol–water partition coefficient (Wildman–Crippen LogP) is 3.52. The molecule has 0 amide bonds. The molecule has 158 valence electrons. The van der Waals surface area contributed by atoms with Gasteiger partial charge >= 0.3 is 5.97 Å². The molecule has 0 aliphatic rings. The van der Waals surface area contributed by atoms with Crippen LogP contribution in [-0.4, -0.2) is 39.9 Å². The molecule has 0 spiro atoms. The molecular weight excluding hydrogens is 384 g/mol. The molecule has 2 aromatic carbocycles. The predicted molar refractivity (Wildman–Crippen MR) is 111 cm³/mol. The number of carbonyl (C=O) groups is 1. The van der Waals surface area contributed by atoms with Crippen LogP contribution in [-0.2, 0) is 22.7 Å². The van der Waals surface area contributed by atoms with E-state index >= 15 is 0 Å². The van der Waals surface area contributed by atoms with Gasteiger partial charge in [-0.05, 0) is 67.9 Å². The third-order valence-corrected chi connectivity index (χ3v) is 4.25. The Hall–Kier alpha value is -3.26. The smallest absolute Gasteiger partial charge is 0.316 e. The Morgan fingerprint density at radius 2 is 1.67 bits per heavy atom. The SMILES string of the molecule is COc1ccc(COCCn2nnc(-c3ccc(OC(=O)C(C)(C)C)cc3)n2)cc1. The van der Waals surface area contributed by atoms with Gasteiger partial charge in [0, 0.05) is 5.56 Å². The number of hydrogen-bond acceptors (Lipinski definition) is 7. The van der Waals surface area contributed by atoms with E-state index in [1.807, 2.05) is 45.0 Å². The highest BCUT2D eigenvalue weighted by atomic mass is 16.5. The number of methoxy groups -OCH3 is 1. The van der Waals surface area contributed by atoms with E-state index in [2.05, 4.69) is 15.4 Å². The van der Waals surface area contributed by atoms with Crippen molar-refractivity contribution in [3.05, 3.63) is 54.1 Å². The third-order valence-electron chi connectivity index (χ3n) is 4.25. The molecule has 0 aliphatic carbocycles. The third kappa shape index (κ3) is 5.87. The zero-order valence-electron chi connectivity index (χ0n) is 17.7. The van der Waals surface area contributed by atoms with Crippen LogP contribution in [0.1, 0.15) is 26.3 Å². The minimum atomic E-state index is -0.557. The standard InChI is InChI=1S/C22H26N4O4/c1-22(2,3)21(27)30-19-11-7-17(8-12-19)20-23-25-26(24-20)13-14-29-15-16-5-9-18(28-4)10-6-16/h5-12H,13-15H2,1-4H3. The molecule has 30 heavy (non-hydrogen) atoms. The van der Waals surface area contributed by atoms with Crippen LogP contribution in [0.25, 0.3) is 11.4 Å². The molecule has 8 heteroatoms. The van der Waals surface area contributed by atoms with Crippen molar-refractivity contribution in [2.45, 2.75) is 33.9 Å². The summed E-state index contributed by atoms with van der Waals surface area (Å²) in [5.74, 6) is 1.52. The van der Waals surface area contributed by atoms with E-state index < -0.39 is 5.41 Å². The lowest BCUT2D eigenvalue weighted by molar-refractivity contribution is -0.142. The summed E-state index contributed by atoms with van der Waals surface area (Å²) in [4.78, 5) is 13.5. The van der Waals surface area contributed by atoms with Gasteiger partial charge in [0.2, 0.25) is 5.82 Å². The summed E-state index contributed by atoms with van der Waals surface area (Å²) in [5, 5.41) is 12.5. The van der Waals surface area contributed by atoms with E-state index in [0.29, 0.717) is 31.3 Å². The van der Waals surface area contributed by atoms with Crippen LogP contribution >= 0.6 is 0 Å². The fraction of sp³-hybridized carbons (Fsp3) is 0.364. The lowest BCUT2D eigenvalue weighted by Crippen LogP contribution is -2.25. The number of rotatable bonds is 8. The average molecular weight is 410 g/mol. The van der Waals surface area contributed by atoms with Crippen LogP contribution in [0.15, 0.2) is 48.5 Å². The molecule has 0 unspecified atom stereocenters. The van der Waals surface area contributed by atoms with Gasteiger partial charge < -0.3 is 14.2 Å². The molecule has 0 atom stereocenters. The second kappa shape index (κ2) is 9.49. The molecule has 0 N–H and O–H groups in total. The number of benzene rings is 2. The van der Waals surface area contributed by atoms with E-state index in [1.54, 1.807) is 31.4 Å². The van der Waals surface area contributed by atoms with Crippen molar-refractivity contribution in [2.75, 3.05) is 13.7 Å². The summed E-state index contributed by atoms with van der Waals surface area (Å²) in [7, 11) is 1.64. The van der Waals surface area contributed by atoms with Crippen molar-refractivity contribution >= 4 is 5.97 Å². The van der Waals surface area contributed by atoms with Gasteiger partial charge in [-0.25, -0.2) is 0 Å². The zero-order chi connectivity index (χ0) is 21.6. The minimum Gasteiger partial charge on any atom is -0.497 e. The largest absolute Gasteiger partial charge is 0.497 e. The van der Waals surface area contributed by atoms with Crippen molar-refractivity contribution in [3.63, 3.8) is 0 Å². The minimum absolute atomic E-state index is 0.283. The van der Waals surface area contributed by atoms with Crippen LogP contribution in [0.2, 0.25) is 0 Å². The Morgan fingerprint density at radius 3 is 2.30 bits per heavy atom. The Bertz CT molecular complexity index is 960. The van der Waals surface area contributed by atoms with Crippen molar-refractivity contribution in [1.82, 2.24) is 20.2 Å². The summed E-state index contributed by atoms with van der Waals surface area (Å²) >= 11 is 0. The van der Waals surface area contributed by atoms with Gasteiger partial charge in [-0.2, -0.15) is 4.80 Å². The number of hydrogen-bond donors (Lipinski definition) is 0. The highest BCUT2D eigenvalue weighted by Crippen LogP contribution is 2.22. The van der Waals surface area contributed by atoms with Crippen LogP contribution in [0.3, 0.4) is 0 Å². The van der Waals surface area contributed by atoms with E-state index in [9.17, 15) is 4.79 Å². The molecule has 1 heterocycles. The first kappa shape index (κ1) is 21.4. The molecule has 0 saturated heterocycles. The number of carbonyl (C=O) groups excluding carboxylic acids is 1. The number of nitrogens with zero attached hydrogens (tertiary/aromatic N) is 4. The second-order valence-electron chi connectivity index (χ2n) is 7.77. The maximum Gasteiger partial charge on any atom is 0.316 e. The van der Waals surface area contributed by atoms with Gasteiger partial charge in [0.1, 0.15) is 11.5 Å². The monoisotopic (exact) mass is 410 g/mol. The normalized spacial score (nSPS) is 11.3. The van der Waals surface area contributed by atoms with E-state index in [-0.39, 0.29) is 5.97 Å². The van der Waals surface area contributed by atoms with Gasteiger partial charge in [0.05, 0.1) is 32.3 Å². The molecule has 0 fully saturated rings. The topological polar surface area (TPSA) is 88.4 Å². The molecule has 0 bridgehead atoms. The fourth-order valence-corrected chi connectivity index (χ4v) is 2.44. The van der Waals surface area contributed by atoms with Crippen LogP contribution in [0.5, 0.6) is 11.5 Å². The van der Waals surface area contributed by atoms with Crippen molar-refractivity contribution in [2.24, 2.45) is 5.41 Å². The summed E-state index contributed by atoms with van der Waals surface area (Å²) in [5.41, 5.74) is 1.30. The highest BCUT2D eigenvalue weighted by Gasteiger charge is 2.23. The average Bonchev–Trinajstić information content (AvgIpc) is 3.20. The number of ether oxygens (including phenoxy) is 3. The lowest BCUT2D eigenvalue weighted by Gasteiger charge is -2.16. The van der Waals surface area contributed by atoms with Crippen LogP contribution in [0.4, 0.5) is 0 Å². The number of tetrazole rings is 1. The second-order valence-corrected chi connectivity index (χ2v) is 7.77. The van der Waals surface area contributed by atoms with Gasteiger partial charge in [-0.3, -0.25) is 4.79 Å². The first-order valence-corrected chi connectivity index (χ1v) is 9.66. The van der Waals surface area contributed by atoms with Crippen molar-refractivity contribution < 1.29 is 19.0 Å². The first-order valence-electron chi connectivity index (χ1n) is 9.66. The fourth-order valence-electron chi connectivity index (χ4n) is 2.44. The Labute approximate surface area is 175 Å². The maximum atomic E-state index is 12.0. The van der Waals surface area contributed by atoms with Crippen LogP contribution < -0.4 is 9.47 Å². The van der Waals surface area contributed by atoms with Crippen LogP contribution in [0, 0.1) is 5.41 Å². The Balaban J connectivity index is 1.48. The van der Waals surface area contributed by atoms with E-state index in [4.69, 9.17) is 14.2 Å². The summed E-state index contributed by atoms with van der Waals surface area (Å²) in [6, 6.07) is 14.8. The molecular formula is C22H26N4O4. The quantitative estimate of drug-likeness (QED) is 0.319. The highest BCUT2D eigenvalue weighted by molar-refractivity contribution is 5.78. The van der Waals surface area contributed by atoms with Gasteiger partial charge in [-0.1, -0.05) is 12.1 Å². The van der Waals surface area contributed by atoms with E-state index in [0.717, 1.165) is 16.9 Å². The molecule has 3 rings (SSSR count). The summed E-state index contributed by atoms with van der Waals surface area (Å²) < 4.78 is 16.2.